The third-order valence-electron chi connectivity index (χ3n) is 4.02. The molecule has 1 aliphatic rings. The molecule has 3 rings (SSSR count). The van der Waals surface area contributed by atoms with Crippen LogP contribution in [-0.4, -0.2) is 18.9 Å². The molecule has 0 radical (unpaired) electrons. The number of nitrogens with zero attached hydrogens (tertiary/aromatic N) is 1. The van der Waals surface area contributed by atoms with Gasteiger partial charge in [0.1, 0.15) is 5.84 Å². The Morgan fingerprint density at radius 1 is 1.00 bits per heavy atom. The van der Waals surface area contributed by atoms with Crippen LogP contribution in [0.15, 0.2) is 46.9 Å². The van der Waals surface area contributed by atoms with Gasteiger partial charge in [0.25, 0.3) is 0 Å². The fourth-order valence-corrected chi connectivity index (χ4v) is 3.52. The molecule has 3 nitrogen and oxygen atoms in total. The van der Waals surface area contributed by atoms with Crippen molar-refractivity contribution in [3.05, 3.63) is 63.6 Å². The summed E-state index contributed by atoms with van der Waals surface area (Å²) in [7, 11) is 0. The Balaban J connectivity index is 1.93. The van der Waals surface area contributed by atoms with Crippen LogP contribution in [0.4, 0.5) is 5.69 Å². The van der Waals surface area contributed by atoms with Crippen LogP contribution in [0.2, 0.25) is 0 Å². The minimum Gasteiger partial charge on any atom is -0.384 e. The molecular weight excluding hydrogens is 326 g/mol. The Bertz CT molecular complexity index is 654. The predicted molar refractivity (Wildman–Crippen MR) is 91.2 cm³/mol. The molecule has 2 aromatic carbocycles. The van der Waals surface area contributed by atoms with Crippen molar-refractivity contribution < 1.29 is 0 Å². The lowest BCUT2D eigenvalue weighted by Gasteiger charge is -2.25. The number of nitrogens with one attached hydrogen (secondary N) is 1. The lowest BCUT2D eigenvalue weighted by molar-refractivity contribution is 0.804. The van der Waals surface area contributed by atoms with Crippen molar-refractivity contribution in [2.45, 2.75) is 12.8 Å². The second kappa shape index (κ2) is 5.90. The van der Waals surface area contributed by atoms with Gasteiger partial charge in [-0.15, -0.1) is 0 Å². The quantitative estimate of drug-likeness (QED) is 0.649. The van der Waals surface area contributed by atoms with Crippen molar-refractivity contribution in [2.75, 3.05) is 18.0 Å². The Kier molecular flexibility index (Phi) is 3.97. The van der Waals surface area contributed by atoms with E-state index in [0.717, 1.165) is 41.7 Å². The Labute approximate surface area is 133 Å². The first-order valence-corrected chi connectivity index (χ1v) is 7.91. The van der Waals surface area contributed by atoms with E-state index in [1.807, 2.05) is 12.1 Å². The van der Waals surface area contributed by atoms with E-state index in [-0.39, 0.29) is 5.84 Å². The summed E-state index contributed by atoms with van der Waals surface area (Å²) >= 11 is 3.51. The van der Waals surface area contributed by atoms with Gasteiger partial charge in [0.2, 0.25) is 0 Å². The molecule has 0 unspecified atom stereocenters. The van der Waals surface area contributed by atoms with Gasteiger partial charge in [0, 0.05) is 23.2 Å². The van der Waals surface area contributed by atoms with Gasteiger partial charge in [-0.1, -0.05) is 30.3 Å². The molecule has 2 aromatic rings. The van der Waals surface area contributed by atoms with E-state index < -0.39 is 0 Å². The predicted octanol–water partition coefficient (Wildman–Crippen LogP) is 3.34. The average molecular weight is 344 g/mol. The van der Waals surface area contributed by atoms with Gasteiger partial charge in [-0.25, -0.2) is 0 Å². The molecule has 0 fully saturated rings. The zero-order valence-corrected chi connectivity index (χ0v) is 13.4. The molecule has 0 saturated carbocycles. The molecule has 3 N–H and O–H groups in total. The topological polar surface area (TPSA) is 53.1 Å². The standard InChI is InChI=1S/C17H18BrN3/c18-14-6-3-7-15(16(14)17(19)20)21-10-8-12-4-1-2-5-13(12)9-11-21/h1-7H,8-11H2,(H3,19,20). The second-order valence-corrected chi connectivity index (χ2v) is 6.16. The summed E-state index contributed by atoms with van der Waals surface area (Å²) < 4.78 is 0.884. The molecule has 0 atom stereocenters. The molecule has 0 aromatic heterocycles. The van der Waals surface area contributed by atoms with Crippen molar-refractivity contribution in [3.8, 4) is 0 Å². The van der Waals surface area contributed by atoms with E-state index >= 15 is 0 Å². The molecule has 0 aliphatic carbocycles. The van der Waals surface area contributed by atoms with E-state index in [1.165, 1.54) is 11.1 Å². The van der Waals surface area contributed by atoms with E-state index in [1.54, 1.807) is 0 Å². The monoisotopic (exact) mass is 343 g/mol. The zero-order valence-electron chi connectivity index (χ0n) is 11.8. The lowest BCUT2D eigenvalue weighted by Crippen LogP contribution is -2.29. The molecule has 0 spiro atoms. The van der Waals surface area contributed by atoms with Gasteiger partial charge >= 0.3 is 0 Å². The van der Waals surface area contributed by atoms with Crippen LogP contribution in [-0.2, 0) is 12.8 Å². The van der Waals surface area contributed by atoms with E-state index in [9.17, 15) is 0 Å². The summed E-state index contributed by atoms with van der Waals surface area (Å²) in [5, 5.41) is 7.84. The number of fused-ring (bicyclic) bond motifs is 1. The van der Waals surface area contributed by atoms with Gasteiger partial charge in [0.15, 0.2) is 0 Å². The van der Waals surface area contributed by atoms with Gasteiger partial charge in [-0.2, -0.15) is 0 Å². The Morgan fingerprint density at radius 3 is 2.19 bits per heavy atom. The second-order valence-electron chi connectivity index (χ2n) is 5.30. The number of hydrogen-bond donors (Lipinski definition) is 2. The van der Waals surface area contributed by atoms with E-state index in [2.05, 4.69) is 51.2 Å². The van der Waals surface area contributed by atoms with Crippen molar-refractivity contribution in [1.82, 2.24) is 0 Å². The number of halogens is 1. The molecule has 0 bridgehead atoms. The number of rotatable bonds is 2. The number of amidine groups is 1. The van der Waals surface area contributed by atoms with Gasteiger partial charge < -0.3 is 10.6 Å². The number of hydrogen-bond acceptors (Lipinski definition) is 2. The summed E-state index contributed by atoms with van der Waals surface area (Å²) in [6.45, 7) is 1.90. The summed E-state index contributed by atoms with van der Waals surface area (Å²) in [4.78, 5) is 2.33. The van der Waals surface area contributed by atoms with E-state index in [4.69, 9.17) is 11.1 Å². The largest absolute Gasteiger partial charge is 0.384 e. The number of anilines is 1. The van der Waals surface area contributed by atoms with Crippen molar-refractivity contribution >= 4 is 27.5 Å². The van der Waals surface area contributed by atoms with Crippen LogP contribution in [0.3, 0.4) is 0 Å². The van der Waals surface area contributed by atoms with Crippen molar-refractivity contribution in [1.29, 1.82) is 5.41 Å². The molecular formula is C17H18BrN3. The maximum atomic E-state index is 7.84. The Morgan fingerprint density at radius 2 is 1.62 bits per heavy atom. The zero-order chi connectivity index (χ0) is 14.8. The van der Waals surface area contributed by atoms with Gasteiger partial charge in [-0.05, 0) is 52.0 Å². The smallest absolute Gasteiger partial charge is 0.126 e. The third kappa shape index (κ3) is 2.81. The fraction of sp³-hybridized carbons (Fsp3) is 0.235. The summed E-state index contributed by atoms with van der Waals surface area (Å²) in [6, 6.07) is 14.6. The molecule has 0 saturated heterocycles. The van der Waals surface area contributed by atoms with Crippen LogP contribution >= 0.6 is 15.9 Å². The molecule has 1 aliphatic heterocycles. The molecule has 0 amide bonds. The lowest BCUT2D eigenvalue weighted by atomic mass is 10.0. The van der Waals surface area contributed by atoms with Crippen LogP contribution in [0.1, 0.15) is 16.7 Å². The first-order valence-electron chi connectivity index (χ1n) is 7.11. The summed E-state index contributed by atoms with van der Waals surface area (Å²) in [6.07, 6.45) is 2.06. The highest BCUT2D eigenvalue weighted by Gasteiger charge is 2.18. The van der Waals surface area contributed by atoms with Crippen molar-refractivity contribution in [2.24, 2.45) is 5.73 Å². The maximum absolute atomic E-state index is 7.84. The first kappa shape index (κ1) is 14.1. The van der Waals surface area contributed by atoms with Crippen molar-refractivity contribution in [3.63, 3.8) is 0 Å². The SMILES string of the molecule is N=C(N)c1c(Br)cccc1N1CCc2ccccc2CC1. The number of nitrogen functional groups attached to an aromatic ring is 1. The molecule has 4 heteroatoms. The highest BCUT2D eigenvalue weighted by molar-refractivity contribution is 9.10. The third-order valence-corrected chi connectivity index (χ3v) is 4.68. The van der Waals surface area contributed by atoms with Gasteiger partial charge in [-0.3, -0.25) is 5.41 Å². The molecule has 21 heavy (non-hydrogen) atoms. The molecule has 108 valence electrons. The highest BCUT2D eigenvalue weighted by Crippen LogP contribution is 2.29. The first-order chi connectivity index (χ1) is 10.2. The number of benzene rings is 2. The normalized spacial score (nSPS) is 14.4. The maximum Gasteiger partial charge on any atom is 0.126 e. The summed E-state index contributed by atoms with van der Waals surface area (Å²) in [5.41, 5.74) is 10.5. The van der Waals surface area contributed by atoms with Crippen LogP contribution in [0.5, 0.6) is 0 Å². The fourth-order valence-electron chi connectivity index (χ4n) is 2.95. The van der Waals surface area contributed by atoms with Gasteiger partial charge in [0.05, 0.1) is 5.56 Å². The van der Waals surface area contributed by atoms with Crippen LogP contribution in [0, 0.1) is 5.41 Å². The summed E-state index contributed by atoms with van der Waals surface area (Å²) in [5.74, 6) is 0.110. The Hall–Kier alpha value is -1.81. The van der Waals surface area contributed by atoms with Crippen LogP contribution in [0.25, 0.3) is 0 Å². The van der Waals surface area contributed by atoms with Crippen LogP contribution < -0.4 is 10.6 Å². The highest BCUT2D eigenvalue weighted by atomic mass is 79.9. The minimum atomic E-state index is 0.110. The minimum absolute atomic E-state index is 0.110. The number of nitrogens with two attached hydrogens (primary N) is 1. The molecule has 1 heterocycles. The van der Waals surface area contributed by atoms with E-state index in [0.29, 0.717) is 0 Å². The average Bonchev–Trinajstić information content (AvgIpc) is 2.69.